The smallest absolute Gasteiger partial charge is 0.397 e. The number of hydrogen-bond donors (Lipinski definition) is 2. The van der Waals surface area contributed by atoms with Gasteiger partial charge in [0.05, 0.1) is 23.8 Å². The summed E-state index contributed by atoms with van der Waals surface area (Å²) >= 11 is 0. The van der Waals surface area contributed by atoms with Crippen LogP contribution in [-0.2, 0) is 6.18 Å². The third-order valence-electron chi connectivity index (χ3n) is 4.90. The van der Waals surface area contributed by atoms with Crippen LogP contribution < -0.4 is 11.3 Å². The van der Waals surface area contributed by atoms with Crippen LogP contribution in [-0.4, -0.2) is 51.1 Å². The molecule has 0 saturated heterocycles. The number of aldehydes is 1. The van der Waals surface area contributed by atoms with E-state index in [2.05, 4.69) is 15.1 Å². The number of hydrogen-bond acceptors (Lipinski definition) is 7. The molecule has 0 amide bonds. The SMILES string of the molecule is CCCC(F)CN(C)/C=C\c1cc(-c2cnccn2)c(F)cc1C=O.Nc1cn[nH]c(=O)c1C(F)(F)F. The highest BCUT2D eigenvalue weighted by Gasteiger charge is 2.36. The van der Waals surface area contributed by atoms with E-state index in [4.69, 9.17) is 5.73 Å². The van der Waals surface area contributed by atoms with Crippen molar-refractivity contribution < 1.29 is 26.7 Å². The minimum absolute atomic E-state index is 0.222. The first-order chi connectivity index (χ1) is 17.5. The number of nitrogen functional groups attached to an aromatic ring is 1. The number of rotatable bonds is 8. The number of nitrogens with one attached hydrogen (secondary N) is 1. The molecule has 8 nitrogen and oxygen atoms in total. The second-order valence-electron chi connectivity index (χ2n) is 7.84. The van der Waals surface area contributed by atoms with Gasteiger partial charge < -0.3 is 10.6 Å². The van der Waals surface area contributed by atoms with Gasteiger partial charge in [0, 0.05) is 37.1 Å². The zero-order chi connectivity index (χ0) is 27.6. The van der Waals surface area contributed by atoms with Crippen LogP contribution in [0, 0.1) is 5.82 Å². The van der Waals surface area contributed by atoms with Crippen molar-refractivity contribution in [2.75, 3.05) is 19.3 Å². The Hall–Kier alpha value is -4.16. The zero-order valence-electron chi connectivity index (χ0n) is 20.0. The molecule has 0 aliphatic heterocycles. The Morgan fingerprint density at radius 3 is 2.46 bits per heavy atom. The van der Waals surface area contributed by atoms with Gasteiger partial charge >= 0.3 is 6.18 Å². The molecule has 13 heteroatoms. The summed E-state index contributed by atoms with van der Waals surface area (Å²) in [6.07, 6.45) is 4.76. The van der Waals surface area contributed by atoms with Crippen LogP contribution in [0.25, 0.3) is 17.3 Å². The van der Waals surface area contributed by atoms with Crippen molar-refractivity contribution in [1.29, 1.82) is 0 Å². The van der Waals surface area contributed by atoms with Gasteiger partial charge in [-0.2, -0.15) is 18.3 Å². The molecule has 1 unspecified atom stereocenters. The molecular weight excluding hydrogens is 499 g/mol. The van der Waals surface area contributed by atoms with E-state index < -0.39 is 35.0 Å². The molecule has 3 rings (SSSR count). The largest absolute Gasteiger partial charge is 0.423 e. The Kier molecular flexibility index (Phi) is 10.4. The second-order valence-corrected chi connectivity index (χ2v) is 7.84. The van der Waals surface area contributed by atoms with Gasteiger partial charge in [-0.3, -0.25) is 19.6 Å². The van der Waals surface area contributed by atoms with Gasteiger partial charge in [0.2, 0.25) is 0 Å². The van der Waals surface area contributed by atoms with Gasteiger partial charge in [-0.1, -0.05) is 13.3 Å². The summed E-state index contributed by atoms with van der Waals surface area (Å²) in [7, 11) is 1.76. The highest BCUT2D eigenvalue weighted by molar-refractivity contribution is 5.84. The van der Waals surface area contributed by atoms with E-state index in [1.165, 1.54) is 24.7 Å². The van der Waals surface area contributed by atoms with Crippen molar-refractivity contribution in [1.82, 2.24) is 25.1 Å². The van der Waals surface area contributed by atoms with Crippen LogP contribution in [0.3, 0.4) is 0 Å². The van der Waals surface area contributed by atoms with E-state index in [-0.39, 0.29) is 17.7 Å². The predicted octanol–water partition coefficient (Wildman–Crippen LogP) is 4.51. The zero-order valence-corrected chi connectivity index (χ0v) is 20.0. The molecule has 0 aliphatic carbocycles. The van der Waals surface area contributed by atoms with E-state index in [0.717, 1.165) is 12.6 Å². The average molecular weight is 524 g/mol. The molecule has 3 aromatic rings. The lowest BCUT2D eigenvalue weighted by Crippen LogP contribution is -2.24. The molecule has 2 heterocycles. The minimum Gasteiger partial charge on any atom is -0.397 e. The van der Waals surface area contributed by atoms with Crippen LogP contribution in [0.15, 0.2) is 47.9 Å². The molecule has 0 fully saturated rings. The molecule has 0 aliphatic rings. The summed E-state index contributed by atoms with van der Waals surface area (Å²) in [5.74, 6) is -0.542. The highest BCUT2D eigenvalue weighted by Crippen LogP contribution is 2.29. The Labute approximate surface area is 209 Å². The van der Waals surface area contributed by atoms with Crippen LogP contribution in [0.2, 0.25) is 0 Å². The van der Waals surface area contributed by atoms with Gasteiger partial charge in [-0.15, -0.1) is 0 Å². The third-order valence-corrected chi connectivity index (χ3v) is 4.90. The number of carbonyl (C=O) groups excluding carboxylic acids is 1. The monoisotopic (exact) mass is 524 g/mol. The molecule has 0 radical (unpaired) electrons. The lowest BCUT2D eigenvalue weighted by molar-refractivity contribution is -0.138. The van der Waals surface area contributed by atoms with Crippen LogP contribution in [0.4, 0.5) is 27.6 Å². The molecule has 37 heavy (non-hydrogen) atoms. The number of alkyl halides is 4. The molecule has 1 atom stereocenters. The fourth-order valence-electron chi connectivity index (χ4n) is 3.18. The maximum atomic E-state index is 14.2. The van der Waals surface area contributed by atoms with Gasteiger partial charge in [0.25, 0.3) is 5.56 Å². The van der Waals surface area contributed by atoms with Crippen molar-refractivity contribution in [3.63, 3.8) is 0 Å². The van der Waals surface area contributed by atoms with Gasteiger partial charge in [-0.25, -0.2) is 13.9 Å². The maximum absolute atomic E-state index is 14.2. The molecular formula is C24H25F5N6O2. The molecule has 0 bridgehead atoms. The molecule has 1 aromatic carbocycles. The van der Waals surface area contributed by atoms with Crippen molar-refractivity contribution in [3.05, 3.63) is 76.0 Å². The predicted molar refractivity (Wildman–Crippen MR) is 129 cm³/mol. The number of H-pyrrole nitrogens is 1. The number of aromatic amines is 1. The summed E-state index contributed by atoms with van der Waals surface area (Å²) < 4.78 is 63.9. The van der Waals surface area contributed by atoms with Crippen molar-refractivity contribution >= 4 is 18.0 Å². The standard InChI is InChI=1S/C19H21F2N3O.C5H4F3N3O/c1-3-4-16(20)12-24(2)8-5-14-9-17(18(21)10-15(14)13-25)19-11-22-6-7-23-19;6-5(7,8)3-2(9)1-10-11-4(3)12/h5-11,13,16H,3-4,12H2,1-2H3;1H,(H3,9,11,12)/b8-5-;. The minimum atomic E-state index is -4.74. The summed E-state index contributed by atoms with van der Waals surface area (Å²) in [6, 6.07) is 2.72. The number of anilines is 1. The molecule has 0 spiro atoms. The van der Waals surface area contributed by atoms with Crippen LogP contribution >= 0.6 is 0 Å². The Morgan fingerprint density at radius 1 is 1.19 bits per heavy atom. The highest BCUT2D eigenvalue weighted by atomic mass is 19.4. The average Bonchev–Trinajstić information content (AvgIpc) is 2.83. The number of nitrogens with zero attached hydrogens (tertiary/aromatic N) is 4. The van der Waals surface area contributed by atoms with Gasteiger partial charge in [-0.05, 0) is 36.4 Å². The Bertz CT molecular complexity index is 1260. The Balaban J connectivity index is 0.000000335. The molecule has 2 aromatic heterocycles. The van der Waals surface area contributed by atoms with E-state index in [0.29, 0.717) is 24.0 Å². The van der Waals surface area contributed by atoms with E-state index in [9.17, 15) is 31.5 Å². The first-order valence-electron chi connectivity index (χ1n) is 11.0. The lowest BCUT2D eigenvalue weighted by atomic mass is 10.0. The second kappa shape index (κ2) is 13.2. The maximum Gasteiger partial charge on any atom is 0.423 e. The van der Waals surface area contributed by atoms with Crippen LogP contribution in [0.5, 0.6) is 0 Å². The normalized spacial score (nSPS) is 12.1. The molecule has 0 saturated carbocycles. The number of carbonyl (C=O) groups is 1. The van der Waals surface area contributed by atoms with Crippen LogP contribution in [0.1, 0.15) is 41.3 Å². The first-order valence-corrected chi connectivity index (χ1v) is 11.0. The number of benzene rings is 1. The van der Waals surface area contributed by atoms with Gasteiger partial charge in [0.15, 0.2) is 6.29 Å². The number of aromatic nitrogens is 4. The van der Waals surface area contributed by atoms with Gasteiger partial charge in [0.1, 0.15) is 17.6 Å². The third kappa shape index (κ3) is 8.47. The summed E-state index contributed by atoms with van der Waals surface area (Å²) in [6.45, 7) is 2.20. The van der Waals surface area contributed by atoms with Crippen molar-refractivity contribution in [2.45, 2.75) is 32.1 Å². The van der Waals surface area contributed by atoms with Crippen molar-refractivity contribution in [2.24, 2.45) is 0 Å². The van der Waals surface area contributed by atoms with E-state index in [1.54, 1.807) is 35.4 Å². The van der Waals surface area contributed by atoms with Crippen molar-refractivity contribution in [3.8, 4) is 11.3 Å². The molecule has 198 valence electrons. The van der Waals surface area contributed by atoms with E-state index >= 15 is 0 Å². The fraction of sp³-hybridized carbons (Fsp3) is 0.292. The quantitative estimate of drug-likeness (QED) is 0.329. The van der Waals surface area contributed by atoms with E-state index in [1.807, 2.05) is 6.92 Å². The summed E-state index contributed by atoms with van der Waals surface area (Å²) in [5.41, 5.74) is 2.89. The fourth-order valence-corrected chi connectivity index (χ4v) is 3.18. The number of halogens is 5. The molecule has 3 N–H and O–H groups in total. The first kappa shape index (κ1) is 29.1. The summed E-state index contributed by atoms with van der Waals surface area (Å²) in [4.78, 5) is 31.5. The lowest BCUT2D eigenvalue weighted by Gasteiger charge is -2.17. The topological polar surface area (TPSA) is 118 Å². The summed E-state index contributed by atoms with van der Waals surface area (Å²) in [5, 5.41) is 4.74. The Morgan fingerprint density at radius 2 is 1.92 bits per heavy atom. The number of nitrogens with two attached hydrogens (primary N) is 1.